The van der Waals surface area contributed by atoms with E-state index in [0.29, 0.717) is 12.6 Å². The molecule has 0 aromatic carbocycles. The molecule has 0 amide bonds. The maximum atomic E-state index is 5.50. The summed E-state index contributed by atoms with van der Waals surface area (Å²) >= 11 is 1.81. The van der Waals surface area contributed by atoms with Crippen molar-refractivity contribution in [2.45, 2.75) is 32.5 Å². The molecular formula is C13H21N5S. The van der Waals surface area contributed by atoms with E-state index < -0.39 is 0 Å². The van der Waals surface area contributed by atoms with Crippen molar-refractivity contribution in [1.29, 1.82) is 0 Å². The molecule has 2 rings (SSSR count). The van der Waals surface area contributed by atoms with Crippen LogP contribution in [0.4, 0.5) is 0 Å². The number of hydrogen-bond acceptors (Lipinski definition) is 5. The number of likely N-dealkylation sites (N-methyl/N-ethyl adjacent to an activating group) is 1. The van der Waals surface area contributed by atoms with Gasteiger partial charge in [-0.25, -0.2) is 0 Å². The van der Waals surface area contributed by atoms with Crippen molar-refractivity contribution in [2.24, 2.45) is 5.73 Å². The molecule has 0 bridgehead atoms. The van der Waals surface area contributed by atoms with Gasteiger partial charge in [0, 0.05) is 30.2 Å². The molecule has 0 fully saturated rings. The second-order valence-electron chi connectivity index (χ2n) is 4.81. The molecule has 0 aliphatic rings. The SMILES string of the molecule is CC(Cc1cccs1)N(C)Cc1cn(CCN)nn1. The number of aromatic nitrogens is 3. The molecule has 0 aliphatic carbocycles. The summed E-state index contributed by atoms with van der Waals surface area (Å²) in [4.78, 5) is 3.72. The van der Waals surface area contributed by atoms with Gasteiger partial charge in [-0.05, 0) is 31.8 Å². The van der Waals surface area contributed by atoms with E-state index in [2.05, 4.69) is 46.7 Å². The Labute approximate surface area is 118 Å². The molecular weight excluding hydrogens is 258 g/mol. The largest absolute Gasteiger partial charge is 0.329 e. The van der Waals surface area contributed by atoms with Crippen LogP contribution >= 0.6 is 11.3 Å². The summed E-state index contributed by atoms with van der Waals surface area (Å²) in [5.74, 6) is 0. The van der Waals surface area contributed by atoms with E-state index in [0.717, 1.165) is 25.2 Å². The molecule has 2 N–H and O–H groups in total. The van der Waals surface area contributed by atoms with Crippen molar-refractivity contribution in [3.63, 3.8) is 0 Å². The topological polar surface area (TPSA) is 60.0 Å². The standard InChI is InChI=1S/C13H21N5S/c1-11(8-13-4-3-7-19-13)17(2)9-12-10-18(6-5-14)16-15-12/h3-4,7,10-11H,5-6,8-9,14H2,1-2H3. The van der Waals surface area contributed by atoms with Crippen LogP contribution in [0.25, 0.3) is 0 Å². The molecule has 0 saturated heterocycles. The van der Waals surface area contributed by atoms with Crippen molar-refractivity contribution in [3.05, 3.63) is 34.3 Å². The zero-order valence-corrected chi connectivity index (χ0v) is 12.3. The summed E-state index contributed by atoms with van der Waals surface area (Å²) in [6, 6.07) is 4.77. The smallest absolute Gasteiger partial charge is 0.0967 e. The lowest BCUT2D eigenvalue weighted by Crippen LogP contribution is -2.30. The van der Waals surface area contributed by atoms with E-state index in [1.54, 1.807) is 4.68 Å². The summed E-state index contributed by atoms with van der Waals surface area (Å²) < 4.78 is 1.80. The van der Waals surface area contributed by atoms with Crippen molar-refractivity contribution >= 4 is 11.3 Å². The van der Waals surface area contributed by atoms with Gasteiger partial charge in [0.1, 0.15) is 0 Å². The number of thiophene rings is 1. The average Bonchev–Trinajstić information content (AvgIpc) is 3.02. The first-order valence-electron chi connectivity index (χ1n) is 6.50. The Balaban J connectivity index is 1.86. The second-order valence-corrected chi connectivity index (χ2v) is 5.84. The third-order valence-electron chi connectivity index (χ3n) is 3.18. The van der Waals surface area contributed by atoms with Crippen LogP contribution < -0.4 is 5.73 Å². The zero-order valence-electron chi connectivity index (χ0n) is 11.5. The van der Waals surface area contributed by atoms with E-state index >= 15 is 0 Å². The summed E-state index contributed by atoms with van der Waals surface area (Å²) in [5, 5.41) is 10.4. The molecule has 1 unspecified atom stereocenters. The average molecular weight is 279 g/mol. The molecule has 0 aliphatic heterocycles. The van der Waals surface area contributed by atoms with Crippen LogP contribution in [0.3, 0.4) is 0 Å². The highest BCUT2D eigenvalue weighted by molar-refractivity contribution is 7.09. The monoisotopic (exact) mass is 279 g/mol. The van der Waals surface area contributed by atoms with Gasteiger partial charge in [-0.3, -0.25) is 9.58 Å². The first-order chi connectivity index (χ1) is 9.19. The minimum atomic E-state index is 0.485. The summed E-state index contributed by atoms with van der Waals surface area (Å²) in [6.07, 6.45) is 3.05. The van der Waals surface area contributed by atoms with Gasteiger partial charge in [-0.15, -0.1) is 16.4 Å². The highest BCUT2D eigenvalue weighted by Crippen LogP contribution is 2.14. The van der Waals surface area contributed by atoms with Crippen LogP contribution in [0, 0.1) is 0 Å². The van der Waals surface area contributed by atoms with Crippen LogP contribution in [-0.2, 0) is 19.5 Å². The predicted molar refractivity (Wildman–Crippen MR) is 78.0 cm³/mol. The molecule has 0 spiro atoms. The normalized spacial score (nSPS) is 13.1. The summed E-state index contributed by atoms with van der Waals surface area (Å²) in [7, 11) is 2.13. The fourth-order valence-corrected chi connectivity index (χ4v) is 2.77. The Kier molecular flexibility index (Phi) is 5.07. The van der Waals surface area contributed by atoms with Gasteiger partial charge in [0.25, 0.3) is 0 Å². The first-order valence-corrected chi connectivity index (χ1v) is 7.38. The van der Waals surface area contributed by atoms with Crippen molar-refractivity contribution in [3.8, 4) is 0 Å². The molecule has 2 heterocycles. The van der Waals surface area contributed by atoms with E-state index in [1.807, 2.05) is 17.5 Å². The Morgan fingerprint density at radius 2 is 2.37 bits per heavy atom. The molecule has 1 atom stereocenters. The molecule has 19 heavy (non-hydrogen) atoms. The van der Waals surface area contributed by atoms with E-state index in [-0.39, 0.29) is 0 Å². The minimum absolute atomic E-state index is 0.485. The maximum Gasteiger partial charge on any atom is 0.0967 e. The van der Waals surface area contributed by atoms with Crippen LogP contribution in [0.5, 0.6) is 0 Å². The molecule has 0 radical (unpaired) electrons. The van der Waals surface area contributed by atoms with Crippen LogP contribution in [-0.4, -0.2) is 39.5 Å². The first kappa shape index (κ1) is 14.2. The quantitative estimate of drug-likeness (QED) is 0.831. The van der Waals surface area contributed by atoms with Gasteiger partial charge in [0.15, 0.2) is 0 Å². The fraction of sp³-hybridized carbons (Fsp3) is 0.538. The number of nitrogens with zero attached hydrogens (tertiary/aromatic N) is 4. The molecule has 5 nitrogen and oxygen atoms in total. The van der Waals surface area contributed by atoms with E-state index in [4.69, 9.17) is 5.73 Å². The number of rotatable bonds is 7. The molecule has 0 saturated carbocycles. The van der Waals surface area contributed by atoms with Gasteiger partial charge in [0.05, 0.1) is 12.2 Å². The highest BCUT2D eigenvalue weighted by atomic mass is 32.1. The lowest BCUT2D eigenvalue weighted by molar-refractivity contribution is 0.246. The summed E-state index contributed by atoms with van der Waals surface area (Å²) in [5.41, 5.74) is 6.49. The fourth-order valence-electron chi connectivity index (χ4n) is 1.94. The molecule has 104 valence electrons. The van der Waals surface area contributed by atoms with Gasteiger partial charge in [-0.2, -0.15) is 0 Å². The highest BCUT2D eigenvalue weighted by Gasteiger charge is 2.12. The number of hydrogen-bond donors (Lipinski definition) is 1. The maximum absolute atomic E-state index is 5.50. The molecule has 6 heteroatoms. The lowest BCUT2D eigenvalue weighted by Gasteiger charge is -2.23. The Hall–Kier alpha value is -1.24. The second kappa shape index (κ2) is 6.79. The van der Waals surface area contributed by atoms with E-state index in [1.165, 1.54) is 4.88 Å². The van der Waals surface area contributed by atoms with Crippen molar-refractivity contribution in [1.82, 2.24) is 19.9 Å². The molecule has 2 aromatic heterocycles. The zero-order chi connectivity index (χ0) is 13.7. The Bertz CT molecular complexity index is 479. The number of nitrogens with two attached hydrogens (primary N) is 1. The van der Waals surface area contributed by atoms with Gasteiger partial charge in [-0.1, -0.05) is 11.3 Å². The van der Waals surface area contributed by atoms with Crippen LogP contribution in [0.1, 0.15) is 17.5 Å². The van der Waals surface area contributed by atoms with Gasteiger partial charge >= 0.3 is 0 Å². The molecule has 2 aromatic rings. The minimum Gasteiger partial charge on any atom is -0.329 e. The third-order valence-corrected chi connectivity index (χ3v) is 4.08. The van der Waals surface area contributed by atoms with Gasteiger partial charge in [0.2, 0.25) is 0 Å². The van der Waals surface area contributed by atoms with Gasteiger partial charge < -0.3 is 5.73 Å². The summed E-state index contributed by atoms with van der Waals surface area (Å²) in [6.45, 7) is 4.37. The predicted octanol–water partition coefficient (Wildman–Crippen LogP) is 1.36. The van der Waals surface area contributed by atoms with Crippen LogP contribution in [0.2, 0.25) is 0 Å². The van der Waals surface area contributed by atoms with Crippen molar-refractivity contribution < 1.29 is 0 Å². The van der Waals surface area contributed by atoms with Crippen LogP contribution in [0.15, 0.2) is 23.7 Å². The Morgan fingerprint density at radius 1 is 1.53 bits per heavy atom. The lowest BCUT2D eigenvalue weighted by atomic mass is 10.2. The van der Waals surface area contributed by atoms with Crippen molar-refractivity contribution in [2.75, 3.05) is 13.6 Å². The Morgan fingerprint density at radius 3 is 3.05 bits per heavy atom. The third kappa shape index (κ3) is 4.12. The van der Waals surface area contributed by atoms with E-state index in [9.17, 15) is 0 Å².